The topological polar surface area (TPSA) is 36.4 Å². The summed E-state index contributed by atoms with van der Waals surface area (Å²) < 4.78 is 13.2. The van der Waals surface area contributed by atoms with E-state index < -0.39 is 0 Å². The molecule has 2 aromatic rings. The first-order valence-electron chi connectivity index (χ1n) is 7.93. The number of aliphatic imine (C=N–C) groups is 1. The van der Waals surface area contributed by atoms with Crippen LogP contribution in [0.15, 0.2) is 59.6 Å². The summed E-state index contributed by atoms with van der Waals surface area (Å²) in [6.07, 6.45) is 2.04. The third-order valence-corrected chi connectivity index (χ3v) is 3.66. The quantitative estimate of drug-likeness (QED) is 0.632. The average molecular weight is 313 g/mol. The number of rotatable bonds is 6. The van der Waals surface area contributed by atoms with E-state index in [1.807, 2.05) is 12.1 Å². The van der Waals surface area contributed by atoms with Crippen molar-refractivity contribution in [2.45, 2.75) is 32.4 Å². The van der Waals surface area contributed by atoms with Crippen molar-refractivity contribution in [3.63, 3.8) is 0 Å². The lowest BCUT2D eigenvalue weighted by Crippen LogP contribution is -2.42. The van der Waals surface area contributed by atoms with Crippen LogP contribution >= 0.6 is 0 Å². The summed E-state index contributed by atoms with van der Waals surface area (Å²) in [5, 5.41) is 6.58. The maximum atomic E-state index is 13.2. The van der Waals surface area contributed by atoms with Crippen LogP contribution in [0.1, 0.15) is 24.5 Å². The summed E-state index contributed by atoms with van der Waals surface area (Å²) in [4.78, 5) is 4.22. The molecule has 0 fully saturated rings. The molecule has 3 nitrogen and oxygen atoms in total. The van der Waals surface area contributed by atoms with Crippen molar-refractivity contribution in [3.05, 3.63) is 71.5 Å². The van der Waals surface area contributed by atoms with Gasteiger partial charge in [-0.1, -0.05) is 42.5 Å². The Morgan fingerprint density at radius 3 is 2.52 bits per heavy atom. The smallest absolute Gasteiger partial charge is 0.191 e. The first-order chi connectivity index (χ1) is 11.2. The summed E-state index contributed by atoms with van der Waals surface area (Å²) in [6.45, 7) is 2.68. The predicted octanol–water partition coefficient (Wildman–Crippen LogP) is 3.51. The van der Waals surface area contributed by atoms with Gasteiger partial charge in [-0.3, -0.25) is 4.99 Å². The minimum absolute atomic E-state index is 0.219. The number of halogens is 1. The highest BCUT2D eigenvalue weighted by atomic mass is 19.1. The molecule has 0 saturated carbocycles. The van der Waals surface area contributed by atoms with Gasteiger partial charge in [0.05, 0.1) is 0 Å². The minimum atomic E-state index is -0.219. The lowest BCUT2D eigenvalue weighted by atomic mass is 10.1. The summed E-state index contributed by atoms with van der Waals surface area (Å²) in [5.41, 5.74) is 2.23. The van der Waals surface area contributed by atoms with Gasteiger partial charge in [0.1, 0.15) is 5.82 Å². The lowest BCUT2D eigenvalue weighted by Gasteiger charge is -2.18. The molecule has 2 aromatic carbocycles. The van der Waals surface area contributed by atoms with Crippen molar-refractivity contribution in [3.8, 4) is 0 Å². The predicted molar refractivity (Wildman–Crippen MR) is 94.0 cm³/mol. The Morgan fingerprint density at radius 2 is 1.83 bits per heavy atom. The van der Waals surface area contributed by atoms with E-state index in [2.05, 4.69) is 46.8 Å². The Balaban J connectivity index is 1.77. The van der Waals surface area contributed by atoms with Crippen molar-refractivity contribution in [2.24, 2.45) is 4.99 Å². The zero-order valence-electron chi connectivity index (χ0n) is 13.7. The van der Waals surface area contributed by atoms with Crippen LogP contribution < -0.4 is 10.6 Å². The highest BCUT2D eigenvalue weighted by molar-refractivity contribution is 5.79. The molecule has 1 atom stereocenters. The van der Waals surface area contributed by atoms with Gasteiger partial charge >= 0.3 is 0 Å². The molecule has 0 saturated heterocycles. The molecule has 2 N–H and O–H groups in total. The standard InChI is InChI=1S/C19H24FN3/c1-15(11-12-16-7-4-3-5-8-16)23-19(21-2)22-14-17-9-6-10-18(20)13-17/h3-10,13,15H,11-12,14H2,1-2H3,(H2,21,22,23). The fourth-order valence-corrected chi connectivity index (χ4v) is 2.36. The molecule has 23 heavy (non-hydrogen) atoms. The Morgan fingerprint density at radius 1 is 1.09 bits per heavy atom. The Labute approximate surface area is 137 Å². The summed E-state index contributed by atoms with van der Waals surface area (Å²) in [5.74, 6) is 0.512. The molecule has 0 aliphatic carbocycles. The summed E-state index contributed by atoms with van der Waals surface area (Å²) >= 11 is 0. The van der Waals surface area contributed by atoms with E-state index >= 15 is 0 Å². The van der Waals surface area contributed by atoms with Crippen LogP contribution in [0.5, 0.6) is 0 Å². The fraction of sp³-hybridized carbons (Fsp3) is 0.316. The second kappa shape index (κ2) is 8.93. The number of guanidine groups is 1. The van der Waals surface area contributed by atoms with Gasteiger partial charge in [-0.25, -0.2) is 4.39 Å². The monoisotopic (exact) mass is 313 g/mol. The van der Waals surface area contributed by atoms with E-state index in [1.54, 1.807) is 13.1 Å². The van der Waals surface area contributed by atoms with E-state index in [0.29, 0.717) is 12.6 Å². The third kappa shape index (κ3) is 6.10. The number of hydrogen-bond donors (Lipinski definition) is 2. The molecular weight excluding hydrogens is 289 g/mol. The summed E-state index contributed by atoms with van der Waals surface area (Å²) in [7, 11) is 1.74. The fourth-order valence-electron chi connectivity index (χ4n) is 2.36. The maximum Gasteiger partial charge on any atom is 0.191 e. The molecule has 0 amide bonds. The van der Waals surface area contributed by atoms with E-state index in [1.165, 1.54) is 17.7 Å². The van der Waals surface area contributed by atoms with Crippen molar-refractivity contribution in [2.75, 3.05) is 7.05 Å². The second-order valence-corrected chi connectivity index (χ2v) is 5.63. The number of benzene rings is 2. The van der Waals surface area contributed by atoms with Gasteiger partial charge < -0.3 is 10.6 Å². The van der Waals surface area contributed by atoms with Gasteiger partial charge in [0.15, 0.2) is 5.96 Å². The van der Waals surface area contributed by atoms with Gasteiger partial charge in [0.2, 0.25) is 0 Å². The Kier molecular flexibility index (Phi) is 6.60. The Bertz CT molecular complexity index is 626. The van der Waals surface area contributed by atoms with Crippen LogP contribution in [-0.2, 0) is 13.0 Å². The van der Waals surface area contributed by atoms with Gasteiger partial charge in [-0.2, -0.15) is 0 Å². The van der Waals surface area contributed by atoms with Gasteiger partial charge in [-0.05, 0) is 43.0 Å². The minimum Gasteiger partial charge on any atom is -0.354 e. The van der Waals surface area contributed by atoms with Crippen LogP contribution in [0.4, 0.5) is 4.39 Å². The van der Waals surface area contributed by atoms with Crippen molar-refractivity contribution in [1.29, 1.82) is 0 Å². The molecule has 1 unspecified atom stereocenters. The number of hydrogen-bond acceptors (Lipinski definition) is 1. The first-order valence-corrected chi connectivity index (χ1v) is 7.93. The third-order valence-electron chi connectivity index (χ3n) is 3.66. The van der Waals surface area contributed by atoms with Gasteiger partial charge in [-0.15, -0.1) is 0 Å². The molecule has 122 valence electrons. The highest BCUT2D eigenvalue weighted by Crippen LogP contribution is 2.05. The molecule has 0 aromatic heterocycles. The van der Waals surface area contributed by atoms with Crippen molar-refractivity contribution < 1.29 is 4.39 Å². The molecular formula is C19H24FN3. The molecule has 0 heterocycles. The van der Waals surface area contributed by atoms with Crippen LogP contribution in [0, 0.1) is 5.82 Å². The Hall–Kier alpha value is -2.36. The molecule has 0 radical (unpaired) electrons. The number of nitrogens with one attached hydrogen (secondary N) is 2. The van der Waals surface area contributed by atoms with E-state index in [4.69, 9.17) is 0 Å². The second-order valence-electron chi connectivity index (χ2n) is 5.63. The van der Waals surface area contributed by atoms with Crippen LogP contribution in [-0.4, -0.2) is 19.0 Å². The summed E-state index contributed by atoms with van der Waals surface area (Å²) in [6, 6.07) is 17.3. The van der Waals surface area contributed by atoms with Gasteiger partial charge in [0, 0.05) is 19.6 Å². The van der Waals surface area contributed by atoms with E-state index in [-0.39, 0.29) is 5.82 Å². The van der Waals surface area contributed by atoms with E-state index in [0.717, 1.165) is 24.4 Å². The number of aryl methyl sites for hydroxylation is 1. The molecule has 0 bridgehead atoms. The molecule has 0 aliphatic rings. The largest absolute Gasteiger partial charge is 0.354 e. The van der Waals surface area contributed by atoms with Crippen LogP contribution in [0.25, 0.3) is 0 Å². The van der Waals surface area contributed by atoms with Crippen LogP contribution in [0.3, 0.4) is 0 Å². The van der Waals surface area contributed by atoms with Crippen LogP contribution in [0.2, 0.25) is 0 Å². The molecule has 0 spiro atoms. The molecule has 0 aliphatic heterocycles. The van der Waals surface area contributed by atoms with Crippen molar-refractivity contribution >= 4 is 5.96 Å². The maximum absolute atomic E-state index is 13.2. The average Bonchev–Trinajstić information content (AvgIpc) is 2.58. The number of nitrogens with zero attached hydrogens (tertiary/aromatic N) is 1. The van der Waals surface area contributed by atoms with Crippen molar-refractivity contribution in [1.82, 2.24) is 10.6 Å². The molecule has 4 heteroatoms. The normalized spacial score (nSPS) is 12.7. The lowest BCUT2D eigenvalue weighted by molar-refractivity contribution is 0.592. The first kappa shape index (κ1) is 17.0. The SMILES string of the molecule is CN=C(NCc1cccc(F)c1)NC(C)CCc1ccccc1. The van der Waals surface area contributed by atoms with E-state index in [9.17, 15) is 4.39 Å². The zero-order chi connectivity index (χ0) is 16.5. The highest BCUT2D eigenvalue weighted by Gasteiger charge is 2.06. The molecule has 2 rings (SSSR count). The van der Waals surface area contributed by atoms with Gasteiger partial charge in [0.25, 0.3) is 0 Å². The zero-order valence-corrected chi connectivity index (χ0v) is 13.7.